The summed E-state index contributed by atoms with van der Waals surface area (Å²) >= 11 is 5.93. The molecule has 1 heterocycles. The number of halogens is 1. The number of benzene rings is 2. The van der Waals surface area contributed by atoms with Crippen molar-refractivity contribution in [1.29, 1.82) is 0 Å². The van der Waals surface area contributed by atoms with Gasteiger partial charge in [-0.2, -0.15) is 0 Å². The number of fused-ring (bicyclic) bond motifs is 1. The zero-order chi connectivity index (χ0) is 19.4. The molecule has 0 saturated carbocycles. The molecule has 0 saturated heterocycles. The Morgan fingerprint density at radius 1 is 1.15 bits per heavy atom. The molecule has 0 fully saturated rings. The first kappa shape index (κ1) is 18.7. The number of carbonyl (C=O) groups is 2. The van der Waals surface area contributed by atoms with Crippen LogP contribution >= 0.6 is 11.6 Å². The minimum atomic E-state index is -0.917. The summed E-state index contributed by atoms with van der Waals surface area (Å²) < 4.78 is 10.0. The van der Waals surface area contributed by atoms with Gasteiger partial charge in [-0.05, 0) is 36.8 Å². The van der Waals surface area contributed by atoms with Crippen LogP contribution in [0, 0.1) is 0 Å². The zero-order valence-corrected chi connectivity index (χ0v) is 15.2. The van der Waals surface area contributed by atoms with Gasteiger partial charge in [-0.3, -0.25) is 4.79 Å². The summed E-state index contributed by atoms with van der Waals surface area (Å²) in [6.07, 6.45) is 0. The second kappa shape index (κ2) is 8.05. The van der Waals surface area contributed by atoms with Gasteiger partial charge in [-0.25, -0.2) is 9.59 Å². The Morgan fingerprint density at radius 3 is 2.70 bits per heavy atom. The Balaban J connectivity index is 1.62. The van der Waals surface area contributed by atoms with Gasteiger partial charge < -0.3 is 14.5 Å². The van der Waals surface area contributed by atoms with E-state index in [1.807, 2.05) is 6.07 Å². The highest BCUT2D eigenvalue weighted by molar-refractivity contribution is 6.30. The predicted octanol–water partition coefficient (Wildman–Crippen LogP) is 3.48. The maximum atomic E-state index is 12.1. The summed E-state index contributed by atoms with van der Waals surface area (Å²) in [4.78, 5) is 36.1. The van der Waals surface area contributed by atoms with Gasteiger partial charge in [0.05, 0.1) is 6.04 Å². The van der Waals surface area contributed by atoms with Crippen LogP contribution in [0.25, 0.3) is 11.0 Å². The van der Waals surface area contributed by atoms with Crippen molar-refractivity contribution in [2.45, 2.75) is 13.0 Å². The lowest BCUT2D eigenvalue weighted by Crippen LogP contribution is -2.31. The van der Waals surface area contributed by atoms with Crippen LogP contribution in [-0.2, 0) is 9.53 Å². The molecule has 6 nitrogen and oxygen atoms in total. The van der Waals surface area contributed by atoms with Crippen molar-refractivity contribution >= 4 is 34.4 Å². The lowest BCUT2D eigenvalue weighted by Gasteiger charge is -2.14. The molecule has 0 spiro atoms. The highest BCUT2D eigenvalue weighted by Crippen LogP contribution is 2.17. The van der Waals surface area contributed by atoms with Crippen molar-refractivity contribution in [3.05, 3.63) is 81.2 Å². The Hall–Kier alpha value is -3.12. The molecule has 0 aliphatic rings. The molecular formula is C20H16ClNO5. The maximum absolute atomic E-state index is 12.1. The fourth-order valence-corrected chi connectivity index (χ4v) is 2.75. The molecule has 138 valence electrons. The number of nitrogens with one attached hydrogen (secondary N) is 1. The number of ether oxygens (including phenoxy) is 1. The van der Waals surface area contributed by atoms with Gasteiger partial charge in [-0.15, -0.1) is 0 Å². The Labute approximate surface area is 159 Å². The quantitative estimate of drug-likeness (QED) is 0.536. The van der Waals surface area contributed by atoms with Gasteiger partial charge >= 0.3 is 11.6 Å². The van der Waals surface area contributed by atoms with Crippen molar-refractivity contribution < 1.29 is 18.7 Å². The van der Waals surface area contributed by atoms with Crippen LogP contribution in [0.5, 0.6) is 0 Å². The molecule has 0 aliphatic carbocycles. The summed E-state index contributed by atoms with van der Waals surface area (Å²) in [5, 5.41) is 3.84. The van der Waals surface area contributed by atoms with Crippen LogP contribution < -0.4 is 10.9 Å². The standard InChI is InChI=1S/C20H16ClNO5/c1-12(13-6-4-7-15(21)9-13)22-18(23)11-26-19(24)16-10-14-5-2-3-8-17(14)27-20(16)25/h2-10,12H,11H2,1H3,(H,22,23)/t12-/m0/s1. The molecule has 1 amide bonds. The van der Waals surface area contributed by atoms with Gasteiger partial charge in [0.2, 0.25) is 0 Å². The van der Waals surface area contributed by atoms with Crippen LogP contribution in [0.3, 0.4) is 0 Å². The topological polar surface area (TPSA) is 85.6 Å². The van der Waals surface area contributed by atoms with Gasteiger partial charge in [0.15, 0.2) is 6.61 Å². The molecule has 0 unspecified atom stereocenters. The van der Waals surface area contributed by atoms with Crippen LogP contribution in [0.1, 0.15) is 28.9 Å². The first-order chi connectivity index (χ1) is 12.9. The summed E-state index contributed by atoms with van der Waals surface area (Å²) in [6, 6.07) is 14.9. The fourth-order valence-electron chi connectivity index (χ4n) is 2.56. The predicted molar refractivity (Wildman–Crippen MR) is 101 cm³/mol. The first-order valence-corrected chi connectivity index (χ1v) is 8.56. The molecule has 0 aliphatic heterocycles. The second-order valence-corrected chi connectivity index (χ2v) is 6.34. The first-order valence-electron chi connectivity index (χ1n) is 8.19. The average molecular weight is 386 g/mol. The number of hydrogen-bond donors (Lipinski definition) is 1. The molecule has 2 aromatic carbocycles. The number of rotatable bonds is 5. The van der Waals surface area contributed by atoms with Crippen molar-refractivity contribution in [2.24, 2.45) is 0 Å². The number of esters is 1. The molecule has 1 aromatic heterocycles. The van der Waals surface area contributed by atoms with Crippen LogP contribution in [0.4, 0.5) is 0 Å². The number of carbonyl (C=O) groups excluding carboxylic acids is 2. The fraction of sp³-hybridized carbons (Fsp3) is 0.150. The Morgan fingerprint density at radius 2 is 1.93 bits per heavy atom. The van der Waals surface area contributed by atoms with E-state index < -0.39 is 24.1 Å². The van der Waals surface area contributed by atoms with E-state index in [4.69, 9.17) is 20.8 Å². The monoisotopic (exact) mass is 385 g/mol. The summed E-state index contributed by atoms with van der Waals surface area (Å²) in [5.74, 6) is -1.42. The third-order valence-electron chi connectivity index (χ3n) is 3.92. The van der Waals surface area contributed by atoms with Gasteiger partial charge in [-0.1, -0.05) is 41.9 Å². The zero-order valence-electron chi connectivity index (χ0n) is 14.4. The highest BCUT2D eigenvalue weighted by atomic mass is 35.5. The van der Waals surface area contributed by atoms with E-state index in [2.05, 4.69) is 5.32 Å². The van der Waals surface area contributed by atoms with Crippen molar-refractivity contribution in [1.82, 2.24) is 5.32 Å². The van der Waals surface area contributed by atoms with E-state index in [9.17, 15) is 14.4 Å². The van der Waals surface area contributed by atoms with Crippen LogP contribution in [0.15, 0.2) is 63.8 Å². The molecule has 7 heteroatoms. The van der Waals surface area contributed by atoms with Crippen LogP contribution in [-0.4, -0.2) is 18.5 Å². The largest absolute Gasteiger partial charge is 0.452 e. The number of hydrogen-bond acceptors (Lipinski definition) is 5. The van der Waals surface area contributed by atoms with Gasteiger partial charge in [0, 0.05) is 10.4 Å². The summed E-state index contributed by atoms with van der Waals surface area (Å²) in [7, 11) is 0. The van der Waals surface area contributed by atoms with Crippen molar-refractivity contribution in [2.75, 3.05) is 6.61 Å². The van der Waals surface area contributed by atoms with Gasteiger partial charge in [0.25, 0.3) is 5.91 Å². The smallest absolute Gasteiger partial charge is 0.351 e. The maximum Gasteiger partial charge on any atom is 0.351 e. The molecule has 27 heavy (non-hydrogen) atoms. The minimum Gasteiger partial charge on any atom is -0.452 e. The molecule has 1 atom stereocenters. The van der Waals surface area contributed by atoms with E-state index in [0.29, 0.717) is 16.0 Å². The normalized spacial score (nSPS) is 11.8. The molecule has 1 N–H and O–H groups in total. The molecular weight excluding hydrogens is 370 g/mol. The van der Waals surface area contributed by atoms with Gasteiger partial charge in [0.1, 0.15) is 11.1 Å². The molecule has 3 rings (SSSR count). The van der Waals surface area contributed by atoms with E-state index in [1.165, 1.54) is 6.07 Å². The molecule has 0 radical (unpaired) electrons. The second-order valence-electron chi connectivity index (χ2n) is 5.91. The lowest BCUT2D eigenvalue weighted by molar-refractivity contribution is -0.124. The molecule has 0 bridgehead atoms. The minimum absolute atomic E-state index is 0.260. The average Bonchev–Trinajstić information content (AvgIpc) is 2.65. The Kier molecular flexibility index (Phi) is 5.57. The van der Waals surface area contributed by atoms with E-state index in [1.54, 1.807) is 49.4 Å². The van der Waals surface area contributed by atoms with E-state index in [-0.39, 0.29) is 11.6 Å². The van der Waals surface area contributed by atoms with E-state index in [0.717, 1.165) is 5.56 Å². The van der Waals surface area contributed by atoms with Crippen LogP contribution in [0.2, 0.25) is 5.02 Å². The third kappa shape index (κ3) is 4.54. The lowest BCUT2D eigenvalue weighted by atomic mass is 10.1. The highest BCUT2D eigenvalue weighted by Gasteiger charge is 2.17. The van der Waals surface area contributed by atoms with Crippen molar-refractivity contribution in [3.63, 3.8) is 0 Å². The Bertz CT molecular complexity index is 1060. The SMILES string of the molecule is C[C@H](NC(=O)COC(=O)c1cc2ccccc2oc1=O)c1cccc(Cl)c1. The number of amides is 1. The summed E-state index contributed by atoms with van der Waals surface area (Å²) in [5.41, 5.74) is 0.111. The van der Waals surface area contributed by atoms with Crippen molar-refractivity contribution in [3.8, 4) is 0 Å². The molecule has 3 aromatic rings. The third-order valence-corrected chi connectivity index (χ3v) is 4.16. The number of para-hydroxylation sites is 1. The summed E-state index contributed by atoms with van der Waals surface area (Å²) in [6.45, 7) is 1.26. The van der Waals surface area contributed by atoms with E-state index >= 15 is 0 Å².